The van der Waals surface area contributed by atoms with Crippen molar-refractivity contribution in [1.82, 2.24) is 10.3 Å². The summed E-state index contributed by atoms with van der Waals surface area (Å²) in [5, 5.41) is 4.26. The SMILES string of the molecule is CNCc1sc(C2CSCCO2)nc1COC. The Morgan fingerprint density at radius 2 is 2.47 bits per heavy atom. The van der Waals surface area contributed by atoms with Crippen LogP contribution < -0.4 is 5.32 Å². The zero-order valence-electron chi connectivity index (χ0n) is 10.2. The maximum atomic E-state index is 5.75. The van der Waals surface area contributed by atoms with Crippen molar-refractivity contribution in [3.63, 3.8) is 0 Å². The molecule has 1 aliphatic rings. The molecule has 1 saturated heterocycles. The summed E-state index contributed by atoms with van der Waals surface area (Å²) in [5.74, 6) is 2.11. The number of hydrogen-bond acceptors (Lipinski definition) is 6. The molecule has 0 radical (unpaired) electrons. The first-order valence-electron chi connectivity index (χ1n) is 5.66. The smallest absolute Gasteiger partial charge is 0.123 e. The summed E-state index contributed by atoms with van der Waals surface area (Å²) in [7, 11) is 3.65. The standard InChI is InChI=1S/C11H18N2O2S2/c1-12-5-10-8(6-14-2)13-11(17-10)9-7-16-4-3-15-9/h9,12H,3-7H2,1-2H3. The number of nitrogens with zero attached hydrogens (tertiary/aromatic N) is 1. The van der Waals surface area contributed by atoms with E-state index in [4.69, 9.17) is 9.47 Å². The lowest BCUT2D eigenvalue weighted by atomic mass is 10.3. The lowest BCUT2D eigenvalue weighted by Gasteiger charge is -2.19. The number of thiazole rings is 1. The average Bonchev–Trinajstić information content (AvgIpc) is 2.75. The van der Waals surface area contributed by atoms with Crippen LogP contribution in [0.5, 0.6) is 0 Å². The van der Waals surface area contributed by atoms with Gasteiger partial charge >= 0.3 is 0 Å². The third kappa shape index (κ3) is 3.42. The molecule has 6 heteroatoms. The van der Waals surface area contributed by atoms with Crippen LogP contribution in [0.4, 0.5) is 0 Å². The van der Waals surface area contributed by atoms with Crippen LogP contribution in [0.25, 0.3) is 0 Å². The number of nitrogens with one attached hydrogen (secondary N) is 1. The van der Waals surface area contributed by atoms with E-state index in [1.54, 1.807) is 18.4 Å². The molecule has 0 bridgehead atoms. The molecule has 1 fully saturated rings. The van der Waals surface area contributed by atoms with E-state index >= 15 is 0 Å². The molecule has 17 heavy (non-hydrogen) atoms. The average molecular weight is 274 g/mol. The van der Waals surface area contributed by atoms with Crippen molar-refractivity contribution in [3.05, 3.63) is 15.6 Å². The summed E-state index contributed by atoms with van der Waals surface area (Å²) in [5.41, 5.74) is 1.04. The number of ether oxygens (including phenoxy) is 2. The summed E-state index contributed by atoms with van der Waals surface area (Å²) in [4.78, 5) is 5.91. The molecule has 2 heterocycles. The van der Waals surface area contributed by atoms with Gasteiger partial charge in [0.15, 0.2) is 0 Å². The van der Waals surface area contributed by atoms with Gasteiger partial charge in [-0.05, 0) is 7.05 Å². The Kier molecular flexibility index (Phi) is 5.24. The highest BCUT2D eigenvalue weighted by atomic mass is 32.2. The quantitative estimate of drug-likeness (QED) is 0.887. The number of methoxy groups -OCH3 is 1. The van der Waals surface area contributed by atoms with Crippen LogP contribution >= 0.6 is 23.1 Å². The van der Waals surface area contributed by atoms with Gasteiger partial charge in [0.1, 0.15) is 11.1 Å². The molecule has 4 nitrogen and oxygen atoms in total. The van der Waals surface area contributed by atoms with Gasteiger partial charge in [0.2, 0.25) is 0 Å². The van der Waals surface area contributed by atoms with Crippen LogP contribution in [-0.2, 0) is 22.6 Å². The molecule has 1 aromatic rings. The first-order chi connectivity index (χ1) is 8.35. The highest BCUT2D eigenvalue weighted by Gasteiger charge is 2.22. The summed E-state index contributed by atoms with van der Waals surface area (Å²) >= 11 is 3.67. The Hall–Kier alpha value is -0.140. The van der Waals surface area contributed by atoms with Gasteiger partial charge in [0.05, 0.1) is 18.9 Å². The van der Waals surface area contributed by atoms with Crippen LogP contribution in [0.2, 0.25) is 0 Å². The van der Waals surface area contributed by atoms with E-state index in [0.29, 0.717) is 6.61 Å². The predicted octanol–water partition coefficient (Wildman–Crippen LogP) is 1.81. The Morgan fingerprint density at radius 1 is 1.59 bits per heavy atom. The minimum Gasteiger partial charge on any atom is -0.378 e. The van der Waals surface area contributed by atoms with Crippen molar-refractivity contribution >= 4 is 23.1 Å². The Morgan fingerprint density at radius 3 is 3.12 bits per heavy atom. The van der Waals surface area contributed by atoms with Crippen molar-refractivity contribution in [1.29, 1.82) is 0 Å². The van der Waals surface area contributed by atoms with Crippen LogP contribution in [0.1, 0.15) is 21.7 Å². The molecule has 0 saturated carbocycles. The fourth-order valence-corrected chi connectivity index (χ4v) is 3.80. The molecule has 0 spiro atoms. The number of hydrogen-bond donors (Lipinski definition) is 1. The second kappa shape index (κ2) is 6.70. The van der Waals surface area contributed by atoms with E-state index in [0.717, 1.165) is 35.4 Å². The largest absolute Gasteiger partial charge is 0.378 e. The number of thioether (sulfide) groups is 1. The first-order valence-corrected chi connectivity index (χ1v) is 7.63. The topological polar surface area (TPSA) is 43.4 Å². The molecule has 0 amide bonds. The van der Waals surface area contributed by atoms with Gasteiger partial charge in [-0.2, -0.15) is 11.8 Å². The molecule has 1 aromatic heterocycles. The maximum Gasteiger partial charge on any atom is 0.123 e. The molecule has 2 rings (SSSR count). The van der Waals surface area contributed by atoms with E-state index in [1.165, 1.54) is 4.88 Å². The third-order valence-electron chi connectivity index (χ3n) is 2.50. The zero-order chi connectivity index (χ0) is 12.1. The van der Waals surface area contributed by atoms with Crippen LogP contribution in [0, 0.1) is 0 Å². The van der Waals surface area contributed by atoms with Gasteiger partial charge < -0.3 is 14.8 Å². The van der Waals surface area contributed by atoms with Gasteiger partial charge in [-0.15, -0.1) is 11.3 Å². The summed E-state index contributed by atoms with van der Waals surface area (Å²) in [6, 6.07) is 0. The fraction of sp³-hybridized carbons (Fsp3) is 0.727. The van der Waals surface area contributed by atoms with Crippen LogP contribution in [-0.4, -0.2) is 37.3 Å². The molecule has 1 aliphatic heterocycles. The molecular formula is C11H18N2O2S2. The van der Waals surface area contributed by atoms with Gasteiger partial charge in [0.25, 0.3) is 0 Å². The fourth-order valence-electron chi connectivity index (χ4n) is 1.72. The molecule has 1 N–H and O–H groups in total. The lowest BCUT2D eigenvalue weighted by molar-refractivity contribution is 0.0751. The maximum absolute atomic E-state index is 5.75. The molecule has 0 aromatic carbocycles. The van der Waals surface area contributed by atoms with Crippen LogP contribution in [0.15, 0.2) is 0 Å². The van der Waals surface area contributed by atoms with Crippen molar-refractivity contribution in [2.75, 3.05) is 32.3 Å². The Bertz CT molecular complexity index is 328. The highest BCUT2D eigenvalue weighted by molar-refractivity contribution is 7.99. The number of aromatic nitrogens is 1. The normalized spacial score (nSPS) is 20.7. The Balaban J connectivity index is 2.13. The monoisotopic (exact) mass is 274 g/mol. The molecular weight excluding hydrogens is 256 g/mol. The van der Waals surface area contributed by atoms with E-state index in [1.807, 2.05) is 18.8 Å². The van der Waals surface area contributed by atoms with Crippen LogP contribution in [0.3, 0.4) is 0 Å². The molecule has 96 valence electrons. The third-order valence-corrected chi connectivity index (χ3v) is 4.69. The van der Waals surface area contributed by atoms with Gasteiger partial charge in [0, 0.05) is 30.0 Å². The summed E-state index contributed by atoms with van der Waals surface area (Å²) < 4.78 is 10.9. The van der Waals surface area contributed by atoms with E-state index in [9.17, 15) is 0 Å². The lowest BCUT2D eigenvalue weighted by Crippen LogP contribution is -2.15. The highest BCUT2D eigenvalue weighted by Crippen LogP contribution is 2.31. The van der Waals surface area contributed by atoms with E-state index < -0.39 is 0 Å². The zero-order valence-corrected chi connectivity index (χ0v) is 11.8. The summed E-state index contributed by atoms with van der Waals surface area (Å²) in [6.45, 7) is 2.25. The van der Waals surface area contributed by atoms with Gasteiger partial charge in [-0.1, -0.05) is 0 Å². The second-order valence-electron chi connectivity index (χ2n) is 3.82. The van der Waals surface area contributed by atoms with Gasteiger partial charge in [-0.25, -0.2) is 4.98 Å². The predicted molar refractivity (Wildman–Crippen MR) is 71.6 cm³/mol. The first kappa shape index (κ1) is 13.3. The van der Waals surface area contributed by atoms with Crippen molar-refractivity contribution in [2.24, 2.45) is 0 Å². The van der Waals surface area contributed by atoms with Crippen molar-refractivity contribution in [3.8, 4) is 0 Å². The molecule has 1 atom stereocenters. The van der Waals surface area contributed by atoms with E-state index in [2.05, 4.69) is 10.3 Å². The van der Waals surface area contributed by atoms with Gasteiger partial charge in [-0.3, -0.25) is 0 Å². The minimum absolute atomic E-state index is 0.167. The Labute approximate surface area is 110 Å². The number of rotatable bonds is 5. The van der Waals surface area contributed by atoms with Crippen molar-refractivity contribution < 1.29 is 9.47 Å². The van der Waals surface area contributed by atoms with E-state index in [-0.39, 0.29) is 6.10 Å². The van der Waals surface area contributed by atoms with Crippen molar-refractivity contribution in [2.45, 2.75) is 19.3 Å². The molecule has 1 unspecified atom stereocenters. The molecule has 0 aliphatic carbocycles. The minimum atomic E-state index is 0.167. The second-order valence-corrected chi connectivity index (χ2v) is 6.08. The summed E-state index contributed by atoms with van der Waals surface area (Å²) in [6.07, 6.45) is 0.167.